The molecule has 0 unspecified atom stereocenters. The lowest BCUT2D eigenvalue weighted by Gasteiger charge is -2.30. The Morgan fingerprint density at radius 1 is 0.716 bits per heavy atom. The van der Waals surface area contributed by atoms with Crippen LogP contribution in [0.25, 0.3) is 10.9 Å². The summed E-state index contributed by atoms with van der Waals surface area (Å²) in [7, 11) is 1.48. The van der Waals surface area contributed by atoms with Gasteiger partial charge < -0.3 is 90.3 Å². The topological polar surface area (TPSA) is 479 Å². The van der Waals surface area contributed by atoms with E-state index in [1.807, 2.05) is 24.3 Å². The van der Waals surface area contributed by atoms with Crippen LogP contribution in [-0.2, 0) is 72.0 Å². The molecule has 1 fully saturated rings. The zero-order valence-electron chi connectivity index (χ0n) is 49.5. The van der Waals surface area contributed by atoms with Gasteiger partial charge in [0.2, 0.25) is 65.0 Å². The molecular formula is C58H80N16O14. The molecule has 476 valence electrons. The molecule has 0 radical (unpaired) electrons. The molecule has 1 aliphatic heterocycles. The van der Waals surface area contributed by atoms with Gasteiger partial charge in [-0.2, -0.15) is 0 Å². The summed E-state index contributed by atoms with van der Waals surface area (Å²) in [5.74, 6) is -10.2. The van der Waals surface area contributed by atoms with E-state index in [-0.39, 0.29) is 75.7 Å². The maximum atomic E-state index is 14.1. The van der Waals surface area contributed by atoms with Crippen LogP contribution in [0.5, 0.6) is 5.75 Å². The summed E-state index contributed by atoms with van der Waals surface area (Å²) in [4.78, 5) is 161. The van der Waals surface area contributed by atoms with E-state index in [1.54, 1.807) is 32.2 Å². The van der Waals surface area contributed by atoms with Crippen molar-refractivity contribution in [2.24, 2.45) is 28.1 Å². The number of carbonyl (C=O) groups excluding carboxylic acids is 11. The highest BCUT2D eigenvalue weighted by atomic mass is 16.3. The highest BCUT2D eigenvalue weighted by Gasteiger charge is 2.43. The number of aliphatic imine (C=N–C) groups is 1. The third-order valence-corrected chi connectivity index (χ3v) is 14.2. The predicted molar refractivity (Wildman–Crippen MR) is 319 cm³/mol. The minimum atomic E-state index is -1.89. The third kappa shape index (κ3) is 21.4. The maximum absolute atomic E-state index is 14.1. The van der Waals surface area contributed by atoms with Gasteiger partial charge in [-0.1, -0.05) is 50.2 Å². The number of hydrogen-bond donors (Lipinski definition) is 16. The van der Waals surface area contributed by atoms with E-state index in [4.69, 9.17) is 17.2 Å². The first-order chi connectivity index (χ1) is 41.7. The second kappa shape index (κ2) is 33.3. The number of aromatic amines is 1. The van der Waals surface area contributed by atoms with Crippen molar-refractivity contribution >= 4 is 81.8 Å². The van der Waals surface area contributed by atoms with Crippen LogP contribution in [0.3, 0.4) is 0 Å². The molecule has 10 atom stereocenters. The van der Waals surface area contributed by atoms with Gasteiger partial charge in [0.1, 0.15) is 54.1 Å². The van der Waals surface area contributed by atoms with Crippen LogP contribution in [0.4, 0.5) is 0 Å². The zero-order chi connectivity index (χ0) is 64.8. The number of hydrogen-bond acceptors (Lipinski definition) is 16. The Morgan fingerprint density at radius 3 is 2.01 bits per heavy atom. The quantitative estimate of drug-likeness (QED) is 0.0126. The lowest BCUT2D eigenvalue weighted by molar-refractivity contribution is -0.142. The molecule has 30 nitrogen and oxygen atoms in total. The molecule has 4 aromatic rings. The molecule has 11 amide bonds. The number of guanidine groups is 1. The Balaban J connectivity index is 1.28. The number of pyridine rings is 1. The Morgan fingerprint density at radius 2 is 1.38 bits per heavy atom. The molecule has 0 bridgehead atoms. The van der Waals surface area contributed by atoms with Crippen molar-refractivity contribution in [1.29, 1.82) is 0 Å². The van der Waals surface area contributed by atoms with E-state index in [1.165, 1.54) is 50.6 Å². The summed E-state index contributed by atoms with van der Waals surface area (Å²) < 4.78 is 0. The zero-order valence-corrected chi connectivity index (χ0v) is 49.5. The fourth-order valence-corrected chi connectivity index (χ4v) is 9.78. The van der Waals surface area contributed by atoms with Gasteiger partial charge in [-0.05, 0) is 73.1 Å². The van der Waals surface area contributed by atoms with Crippen LogP contribution in [0.1, 0.15) is 76.5 Å². The number of carbonyl (C=O) groups is 11. The Hall–Kier alpha value is -9.71. The fraction of sp³-hybridized carbons (Fsp3) is 0.466. The number of phenols is 1. The van der Waals surface area contributed by atoms with E-state index in [0.29, 0.717) is 16.7 Å². The average molecular weight is 1230 g/mol. The molecule has 0 spiro atoms. The molecule has 1 aliphatic rings. The lowest BCUT2D eigenvalue weighted by Crippen LogP contribution is -2.61. The number of β-amino-alcohol motifs (C(OH)–C–C–N with tert-alkyl or cyclic N) is 1. The largest absolute Gasteiger partial charge is 0.508 e. The minimum absolute atomic E-state index is 0.0233. The van der Waals surface area contributed by atoms with Gasteiger partial charge in [0.05, 0.1) is 25.2 Å². The first-order valence-electron chi connectivity index (χ1n) is 28.5. The number of fused-ring (bicyclic) bond motifs is 1. The van der Waals surface area contributed by atoms with Crippen molar-refractivity contribution in [3.8, 4) is 5.75 Å². The number of likely N-dealkylation sites (tertiary alicyclic amines) is 1. The summed E-state index contributed by atoms with van der Waals surface area (Å²) in [6.45, 7) is 4.98. The highest BCUT2D eigenvalue weighted by molar-refractivity contribution is 5.99. The van der Waals surface area contributed by atoms with Crippen molar-refractivity contribution in [2.75, 3.05) is 26.7 Å². The van der Waals surface area contributed by atoms with Crippen molar-refractivity contribution in [1.82, 2.24) is 62.7 Å². The Bertz CT molecular complexity index is 3140. The van der Waals surface area contributed by atoms with E-state index < -0.39 is 138 Å². The smallest absolute Gasteiger partial charge is 0.246 e. The first kappa shape index (κ1) is 69.1. The highest BCUT2D eigenvalue weighted by Crippen LogP contribution is 2.23. The molecular weight excluding hydrogens is 1140 g/mol. The minimum Gasteiger partial charge on any atom is -0.508 e. The van der Waals surface area contributed by atoms with Crippen molar-refractivity contribution in [3.05, 3.63) is 95.9 Å². The summed E-state index contributed by atoms with van der Waals surface area (Å²) >= 11 is 0. The number of phenolic OH excluding ortho intramolecular Hbond substituents is 1. The van der Waals surface area contributed by atoms with Crippen LogP contribution in [-0.4, -0.2) is 188 Å². The van der Waals surface area contributed by atoms with Crippen molar-refractivity contribution in [2.45, 2.75) is 140 Å². The molecule has 2 aromatic heterocycles. The molecule has 5 rings (SSSR count). The number of aliphatic hydroxyl groups excluding tert-OH is 2. The average Bonchev–Trinajstić information content (AvgIpc) is 2.76. The van der Waals surface area contributed by atoms with E-state index in [9.17, 15) is 68.1 Å². The summed E-state index contributed by atoms with van der Waals surface area (Å²) in [6.07, 6.45) is 0.435. The predicted octanol–water partition coefficient (Wildman–Crippen LogP) is -4.11. The number of aliphatic hydroxyl groups is 2. The van der Waals surface area contributed by atoms with Crippen molar-refractivity contribution < 1.29 is 68.1 Å². The molecule has 2 aromatic carbocycles. The number of H-pyrrole nitrogens is 1. The second-order valence-electron chi connectivity index (χ2n) is 21.8. The number of nitrogens with zero attached hydrogens (tertiary/aromatic N) is 3. The standard InChI is InChI=1S/C58H80N16O14/c1-30(2)20-42(53(84)69-40(13-9-19-64-58(61)62-5)52(83)70-41(50(60)81)23-35-27-65-39-12-7-6-11-38(35)39)68-48(80)28-66-51(82)43(22-34-10-8-18-63-26-34)72-56(87)49(31(3)75)73-54(85)44(25-47(59)79)71-55(86)46-24-37(78)29-74(46)57(88)45(67-32(4)76)21-33-14-16-36(77)17-15-33/h6-8,10-12,14-18,26-27,30-31,37,40-46,49,65,75,77-78H,9,13,19-25,28-29H2,1-5H3,(H2,59,79)(H2,60,81)(H,66,82)(H,67,76)(H,68,80)(H,69,84)(H,70,83)(H,71,86)(H,72,87)(H,73,85)(H3,61,62,64)/t31-,37-,40+,41+,42+,43+,44+,45-,46+,49+/m1/s1. The molecule has 1 saturated heterocycles. The number of aromatic nitrogens is 2. The van der Waals surface area contributed by atoms with Crippen LogP contribution >= 0.6 is 0 Å². The number of aromatic hydroxyl groups is 1. The molecule has 3 heterocycles. The summed E-state index contributed by atoms with van der Waals surface area (Å²) in [5.41, 5.74) is 19.5. The second-order valence-corrected chi connectivity index (χ2v) is 21.8. The van der Waals surface area contributed by atoms with Crippen LogP contribution < -0.4 is 65.1 Å². The van der Waals surface area contributed by atoms with Gasteiger partial charge in [0.25, 0.3) is 0 Å². The first-order valence-corrected chi connectivity index (χ1v) is 28.5. The van der Waals surface area contributed by atoms with Gasteiger partial charge in [-0.3, -0.25) is 62.7 Å². The van der Waals surface area contributed by atoms with Gasteiger partial charge in [0.15, 0.2) is 5.96 Å². The molecule has 19 N–H and O–H groups in total. The van der Waals surface area contributed by atoms with Crippen LogP contribution in [0.15, 0.2) is 84.2 Å². The number of amides is 11. The molecule has 30 heteroatoms. The Labute approximate surface area is 507 Å². The normalized spacial score (nSPS) is 16.7. The van der Waals surface area contributed by atoms with Gasteiger partial charge in [-0.25, -0.2) is 0 Å². The van der Waals surface area contributed by atoms with Gasteiger partial charge >= 0.3 is 0 Å². The van der Waals surface area contributed by atoms with Crippen LogP contribution in [0, 0.1) is 5.92 Å². The molecule has 0 aliphatic carbocycles. The number of nitrogens with one attached hydrogen (secondary N) is 10. The molecule has 88 heavy (non-hydrogen) atoms. The van der Waals surface area contributed by atoms with Gasteiger partial charge in [0, 0.05) is 82.2 Å². The molecule has 0 saturated carbocycles. The number of primary amides is 2. The van der Waals surface area contributed by atoms with Gasteiger partial charge in [-0.15, -0.1) is 0 Å². The lowest BCUT2D eigenvalue weighted by atomic mass is 10.0. The number of nitrogens with two attached hydrogens (primary N) is 3. The maximum Gasteiger partial charge on any atom is 0.246 e. The summed E-state index contributed by atoms with van der Waals surface area (Å²) in [6, 6.07) is 4.57. The number of benzene rings is 2. The van der Waals surface area contributed by atoms with E-state index >= 15 is 0 Å². The Kier molecular flexibility index (Phi) is 26.1. The fourth-order valence-electron chi connectivity index (χ4n) is 9.78. The van der Waals surface area contributed by atoms with E-state index in [0.717, 1.165) is 22.7 Å². The number of rotatable bonds is 32. The third-order valence-electron chi connectivity index (χ3n) is 14.2. The SMILES string of the molecule is CN=C(N)NCCC[C@H](NC(=O)[C@H](CC(C)C)NC(=O)CNC(=O)[C@H](Cc1cccnc1)NC(=O)[C@@H](NC(=O)[C@H](CC(N)=O)NC(=O)[C@@H]1C[C@@H](O)CN1C(=O)[C@@H](Cc1ccc(O)cc1)NC(C)=O)[C@@H](C)O)C(=O)N[C@@H](Cc1c[nH]c2ccccc12)C(N)=O. The van der Waals surface area contributed by atoms with E-state index in [2.05, 4.69) is 62.8 Å². The monoisotopic (exact) mass is 1220 g/mol. The number of para-hydroxylation sites is 1. The van der Waals surface area contributed by atoms with Crippen LogP contribution in [0.2, 0.25) is 0 Å². The summed E-state index contributed by atoms with van der Waals surface area (Å²) in [5, 5.41) is 55.1. The van der Waals surface area contributed by atoms with Crippen molar-refractivity contribution in [3.63, 3.8) is 0 Å².